The Morgan fingerprint density at radius 3 is 2.47 bits per heavy atom. The second-order valence-corrected chi connectivity index (χ2v) is 6.18. The molecular formula is C13H17N3O2S. The Balaban J connectivity index is 2.27. The van der Waals surface area contributed by atoms with Crippen LogP contribution in [-0.4, -0.2) is 28.8 Å². The molecule has 0 saturated heterocycles. The first-order chi connectivity index (χ1) is 9.04. The Morgan fingerprint density at radius 1 is 1.26 bits per heavy atom. The van der Waals surface area contributed by atoms with E-state index in [2.05, 4.69) is 4.98 Å². The van der Waals surface area contributed by atoms with Gasteiger partial charge in [0.15, 0.2) is 5.03 Å². The molecule has 0 spiro atoms. The fourth-order valence-corrected chi connectivity index (χ4v) is 3.21. The lowest BCUT2D eigenvalue weighted by Gasteiger charge is -2.19. The zero-order valence-corrected chi connectivity index (χ0v) is 11.8. The molecule has 0 aliphatic rings. The first-order valence-electron chi connectivity index (χ1n) is 6.06. The number of aryl methyl sites for hydroxylation is 1. The van der Waals surface area contributed by atoms with Crippen LogP contribution >= 0.6 is 0 Å². The summed E-state index contributed by atoms with van der Waals surface area (Å²) in [6.07, 6.45) is 3.01. The van der Waals surface area contributed by atoms with E-state index in [0.717, 1.165) is 5.56 Å². The van der Waals surface area contributed by atoms with Gasteiger partial charge in [0.2, 0.25) is 0 Å². The van der Waals surface area contributed by atoms with Crippen molar-refractivity contribution in [2.75, 3.05) is 6.54 Å². The summed E-state index contributed by atoms with van der Waals surface area (Å²) >= 11 is 0. The number of rotatable bonds is 5. The van der Waals surface area contributed by atoms with E-state index in [9.17, 15) is 8.42 Å². The quantitative estimate of drug-likeness (QED) is 0.836. The van der Waals surface area contributed by atoms with Crippen molar-refractivity contribution >= 4 is 10.0 Å². The number of sulfonamides is 1. The maximum Gasteiger partial charge on any atom is 0.262 e. The summed E-state index contributed by atoms with van der Waals surface area (Å²) in [5, 5.41) is 0.0905. The molecule has 1 heterocycles. The molecule has 6 heteroatoms. The minimum Gasteiger partial charge on any atom is -0.339 e. The van der Waals surface area contributed by atoms with Crippen molar-refractivity contribution in [2.24, 2.45) is 7.05 Å². The van der Waals surface area contributed by atoms with Crippen LogP contribution in [0.5, 0.6) is 0 Å². The lowest BCUT2D eigenvalue weighted by molar-refractivity contribution is 0.421. The van der Waals surface area contributed by atoms with Crippen molar-refractivity contribution in [1.29, 1.82) is 0 Å². The Morgan fingerprint density at radius 2 is 1.95 bits per heavy atom. The van der Waals surface area contributed by atoms with Crippen molar-refractivity contribution in [1.82, 2.24) is 13.9 Å². The SMILES string of the molecule is CCN(Cc1ccccc1)S(=O)(=O)c1cn(C)cn1. The third-order valence-electron chi connectivity index (χ3n) is 2.84. The molecule has 0 bridgehead atoms. The van der Waals surface area contributed by atoms with Crippen molar-refractivity contribution in [3.8, 4) is 0 Å². The number of imidazole rings is 1. The molecule has 0 atom stereocenters. The average Bonchev–Trinajstić information content (AvgIpc) is 2.84. The molecule has 1 aromatic carbocycles. The zero-order chi connectivity index (χ0) is 13.9. The molecule has 2 rings (SSSR count). The predicted octanol–water partition coefficient (Wildman–Crippen LogP) is 1.63. The van der Waals surface area contributed by atoms with Crippen molar-refractivity contribution in [3.63, 3.8) is 0 Å². The van der Waals surface area contributed by atoms with Crippen LogP contribution in [0.2, 0.25) is 0 Å². The molecule has 2 aromatic rings. The summed E-state index contributed by atoms with van der Waals surface area (Å²) in [4.78, 5) is 3.93. The highest BCUT2D eigenvalue weighted by Gasteiger charge is 2.25. The van der Waals surface area contributed by atoms with Gasteiger partial charge in [-0.05, 0) is 5.56 Å². The van der Waals surface area contributed by atoms with Crippen LogP contribution in [-0.2, 0) is 23.6 Å². The normalized spacial score (nSPS) is 11.9. The number of hydrogen-bond acceptors (Lipinski definition) is 3. The fraction of sp³-hybridized carbons (Fsp3) is 0.308. The summed E-state index contributed by atoms with van der Waals surface area (Å²) < 4.78 is 27.9. The van der Waals surface area contributed by atoms with Crippen molar-refractivity contribution in [3.05, 3.63) is 48.4 Å². The van der Waals surface area contributed by atoms with Crippen molar-refractivity contribution < 1.29 is 8.42 Å². The molecule has 0 fully saturated rings. The van der Waals surface area contributed by atoms with E-state index in [1.54, 1.807) is 11.6 Å². The van der Waals surface area contributed by atoms with Gasteiger partial charge in [0.25, 0.3) is 10.0 Å². The molecule has 0 unspecified atom stereocenters. The predicted molar refractivity (Wildman–Crippen MR) is 72.9 cm³/mol. The van der Waals surface area contributed by atoms with Gasteiger partial charge in [-0.2, -0.15) is 4.31 Å². The van der Waals surface area contributed by atoms with Gasteiger partial charge in [0, 0.05) is 26.3 Å². The van der Waals surface area contributed by atoms with Crippen LogP contribution in [0.15, 0.2) is 47.9 Å². The fourth-order valence-electron chi connectivity index (χ4n) is 1.81. The smallest absolute Gasteiger partial charge is 0.262 e. The molecule has 102 valence electrons. The topological polar surface area (TPSA) is 55.2 Å². The van der Waals surface area contributed by atoms with E-state index in [1.165, 1.54) is 16.8 Å². The Bertz CT molecular complexity index is 635. The maximum atomic E-state index is 12.4. The van der Waals surface area contributed by atoms with Gasteiger partial charge < -0.3 is 4.57 Å². The molecule has 19 heavy (non-hydrogen) atoms. The lowest BCUT2D eigenvalue weighted by Crippen LogP contribution is -2.30. The summed E-state index contributed by atoms with van der Waals surface area (Å²) in [6, 6.07) is 9.54. The van der Waals surface area contributed by atoms with Crippen LogP contribution in [0.3, 0.4) is 0 Å². The Kier molecular flexibility index (Phi) is 4.01. The molecule has 0 radical (unpaired) electrons. The summed E-state index contributed by atoms with van der Waals surface area (Å²) in [7, 11) is -1.78. The summed E-state index contributed by atoms with van der Waals surface area (Å²) in [5.74, 6) is 0. The minimum absolute atomic E-state index is 0.0905. The third kappa shape index (κ3) is 3.02. The third-order valence-corrected chi connectivity index (χ3v) is 4.65. The van der Waals surface area contributed by atoms with Crippen molar-refractivity contribution in [2.45, 2.75) is 18.5 Å². The maximum absolute atomic E-state index is 12.4. The average molecular weight is 279 g/mol. The standard InChI is InChI=1S/C13H17N3O2S/c1-3-16(9-12-7-5-4-6-8-12)19(17,18)13-10-15(2)11-14-13/h4-8,10-11H,3,9H2,1-2H3. The second-order valence-electron chi connectivity index (χ2n) is 4.29. The Hall–Kier alpha value is -1.66. The second kappa shape index (κ2) is 5.54. The molecule has 0 aliphatic carbocycles. The number of aromatic nitrogens is 2. The van der Waals surface area contributed by atoms with E-state index >= 15 is 0 Å². The van der Waals surface area contributed by atoms with E-state index in [4.69, 9.17) is 0 Å². The Labute approximate surface area is 113 Å². The first-order valence-corrected chi connectivity index (χ1v) is 7.50. The molecule has 5 nitrogen and oxygen atoms in total. The van der Waals surface area contributed by atoms with Gasteiger partial charge in [-0.1, -0.05) is 37.3 Å². The molecule has 0 saturated carbocycles. The van der Waals surface area contributed by atoms with Crippen LogP contribution in [0, 0.1) is 0 Å². The van der Waals surface area contributed by atoms with Gasteiger partial charge in [0.05, 0.1) is 6.33 Å². The highest BCUT2D eigenvalue weighted by molar-refractivity contribution is 7.89. The van der Waals surface area contributed by atoms with Gasteiger partial charge >= 0.3 is 0 Å². The van der Waals surface area contributed by atoms with Gasteiger partial charge in [-0.25, -0.2) is 13.4 Å². The molecule has 0 aliphatic heterocycles. The van der Waals surface area contributed by atoms with Crippen LogP contribution in [0.4, 0.5) is 0 Å². The zero-order valence-electron chi connectivity index (χ0n) is 11.0. The lowest BCUT2D eigenvalue weighted by atomic mass is 10.2. The highest BCUT2D eigenvalue weighted by Crippen LogP contribution is 2.16. The molecule has 0 amide bonds. The molecule has 0 N–H and O–H groups in total. The first kappa shape index (κ1) is 13.8. The van der Waals surface area contributed by atoms with Crippen LogP contribution in [0.1, 0.15) is 12.5 Å². The van der Waals surface area contributed by atoms with E-state index in [-0.39, 0.29) is 5.03 Å². The number of hydrogen-bond donors (Lipinski definition) is 0. The van der Waals surface area contributed by atoms with Gasteiger partial charge in [0.1, 0.15) is 0 Å². The minimum atomic E-state index is -3.53. The summed E-state index contributed by atoms with van der Waals surface area (Å²) in [6.45, 7) is 2.59. The van der Waals surface area contributed by atoms with E-state index in [0.29, 0.717) is 13.1 Å². The number of benzene rings is 1. The summed E-state index contributed by atoms with van der Waals surface area (Å²) in [5.41, 5.74) is 0.962. The monoisotopic (exact) mass is 279 g/mol. The van der Waals surface area contributed by atoms with E-state index in [1.807, 2.05) is 37.3 Å². The highest BCUT2D eigenvalue weighted by atomic mass is 32.2. The van der Waals surface area contributed by atoms with Crippen LogP contribution < -0.4 is 0 Å². The number of nitrogens with zero attached hydrogens (tertiary/aromatic N) is 3. The van der Waals surface area contributed by atoms with Gasteiger partial charge in [-0.3, -0.25) is 0 Å². The molecule has 1 aromatic heterocycles. The van der Waals surface area contributed by atoms with E-state index < -0.39 is 10.0 Å². The molecular weight excluding hydrogens is 262 g/mol. The van der Waals surface area contributed by atoms with Crippen LogP contribution in [0.25, 0.3) is 0 Å². The van der Waals surface area contributed by atoms with Gasteiger partial charge in [-0.15, -0.1) is 0 Å². The largest absolute Gasteiger partial charge is 0.339 e.